The Hall–Kier alpha value is -2.04. The first kappa shape index (κ1) is 12.0. The van der Waals surface area contributed by atoms with E-state index >= 15 is 0 Å². The number of rotatable bonds is 4. The van der Waals surface area contributed by atoms with Gasteiger partial charge >= 0.3 is 5.76 Å². The van der Waals surface area contributed by atoms with E-state index in [0.717, 1.165) is 0 Å². The summed E-state index contributed by atoms with van der Waals surface area (Å²) < 4.78 is 6.46. The lowest BCUT2D eigenvalue weighted by atomic mass is 10.2. The van der Waals surface area contributed by atoms with Gasteiger partial charge in [-0.1, -0.05) is 12.1 Å². The SMILES string of the molecule is C[C@H](NC(=O)Cn1c(=O)oc2ccccc21)C1CC1. The van der Waals surface area contributed by atoms with Crippen molar-refractivity contribution in [1.29, 1.82) is 0 Å². The maximum atomic E-state index is 11.9. The molecule has 0 aliphatic heterocycles. The largest absolute Gasteiger partial charge is 0.420 e. The Morgan fingerprint density at radius 1 is 1.47 bits per heavy atom. The standard InChI is InChI=1S/C14H16N2O3/c1-9(10-6-7-10)15-13(17)8-16-11-4-2-3-5-12(11)19-14(16)18/h2-5,9-10H,6-8H2,1H3,(H,15,17)/t9-/m0/s1. The highest BCUT2D eigenvalue weighted by Crippen LogP contribution is 2.32. The first-order valence-corrected chi connectivity index (χ1v) is 6.53. The topological polar surface area (TPSA) is 64.2 Å². The first-order valence-electron chi connectivity index (χ1n) is 6.53. The smallest absolute Gasteiger partial charge is 0.408 e. The molecule has 1 aliphatic carbocycles. The van der Waals surface area contributed by atoms with Crippen LogP contribution >= 0.6 is 0 Å². The van der Waals surface area contributed by atoms with Gasteiger partial charge in [0.05, 0.1) is 5.52 Å². The maximum Gasteiger partial charge on any atom is 0.420 e. The molecule has 5 nitrogen and oxygen atoms in total. The molecule has 1 aromatic carbocycles. The molecule has 1 aliphatic rings. The maximum absolute atomic E-state index is 11.9. The van der Waals surface area contributed by atoms with Gasteiger partial charge in [0.25, 0.3) is 0 Å². The number of nitrogens with one attached hydrogen (secondary N) is 1. The van der Waals surface area contributed by atoms with E-state index in [1.807, 2.05) is 13.0 Å². The molecule has 19 heavy (non-hydrogen) atoms. The van der Waals surface area contributed by atoms with E-state index in [1.54, 1.807) is 18.2 Å². The van der Waals surface area contributed by atoms with Gasteiger partial charge < -0.3 is 9.73 Å². The molecule has 2 aromatic rings. The lowest BCUT2D eigenvalue weighted by Crippen LogP contribution is -2.37. The zero-order valence-corrected chi connectivity index (χ0v) is 10.8. The summed E-state index contributed by atoms with van der Waals surface area (Å²) in [7, 11) is 0. The van der Waals surface area contributed by atoms with E-state index in [-0.39, 0.29) is 18.5 Å². The number of aromatic nitrogens is 1. The molecule has 0 spiro atoms. The molecule has 1 heterocycles. The van der Waals surface area contributed by atoms with Gasteiger partial charge in [-0.15, -0.1) is 0 Å². The Kier molecular flexibility index (Phi) is 2.89. The Morgan fingerprint density at radius 2 is 2.21 bits per heavy atom. The van der Waals surface area contributed by atoms with Crippen LogP contribution in [-0.2, 0) is 11.3 Å². The van der Waals surface area contributed by atoms with Gasteiger partial charge in [-0.05, 0) is 37.8 Å². The first-order chi connectivity index (χ1) is 9.15. The summed E-state index contributed by atoms with van der Waals surface area (Å²) in [5.41, 5.74) is 1.16. The molecule has 1 aromatic heterocycles. The molecular weight excluding hydrogens is 244 g/mol. The number of hydrogen-bond donors (Lipinski definition) is 1. The predicted molar refractivity (Wildman–Crippen MR) is 70.8 cm³/mol. The molecule has 0 saturated heterocycles. The number of fused-ring (bicyclic) bond motifs is 1. The van der Waals surface area contributed by atoms with Crippen LogP contribution in [0.5, 0.6) is 0 Å². The van der Waals surface area contributed by atoms with Crippen molar-refractivity contribution in [2.75, 3.05) is 0 Å². The number of oxazole rings is 1. The van der Waals surface area contributed by atoms with Crippen LogP contribution in [0, 0.1) is 5.92 Å². The van der Waals surface area contributed by atoms with Crippen molar-refractivity contribution in [3.05, 3.63) is 34.8 Å². The summed E-state index contributed by atoms with van der Waals surface area (Å²) in [6.07, 6.45) is 2.35. The molecule has 0 radical (unpaired) electrons. The summed E-state index contributed by atoms with van der Waals surface area (Å²) in [5.74, 6) is -0.0368. The van der Waals surface area contributed by atoms with Crippen molar-refractivity contribution >= 4 is 17.0 Å². The second-order valence-electron chi connectivity index (χ2n) is 5.12. The summed E-state index contributed by atoms with van der Waals surface area (Å²) in [4.78, 5) is 23.7. The van der Waals surface area contributed by atoms with Crippen molar-refractivity contribution in [2.24, 2.45) is 5.92 Å². The van der Waals surface area contributed by atoms with Crippen molar-refractivity contribution in [1.82, 2.24) is 9.88 Å². The molecule has 1 atom stereocenters. The fraction of sp³-hybridized carbons (Fsp3) is 0.429. The van der Waals surface area contributed by atoms with E-state index in [4.69, 9.17) is 4.42 Å². The lowest BCUT2D eigenvalue weighted by molar-refractivity contribution is -0.122. The second kappa shape index (κ2) is 4.57. The van der Waals surface area contributed by atoms with E-state index < -0.39 is 5.76 Å². The molecule has 0 unspecified atom stereocenters. The van der Waals surface area contributed by atoms with Gasteiger partial charge in [0.2, 0.25) is 5.91 Å². The summed E-state index contributed by atoms with van der Waals surface area (Å²) in [5, 5.41) is 2.93. The van der Waals surface area contributed by atoms with Crippen LogP contribution in [-0.4, -0.2) is 16.5 Å². The van der Waals surface area contributed by atoms with E-state index in [2.05, 4.69) is 5.32 Å². The molecule has 1 amide bonds. The fourth-order valence-corrected chi connectivity index (χ4v) is 2.32. The summed E-state index contributed by atoms with van der Waals surface area (Å²) in [6.45, 7) is 2.01. The number of para-hydroxylation sites is 2. The number of amides is 1. The predicted octanol–water partition coefficient (Wildman–Crippen LogP) is 1.51. The third kappa shape index (κ3) is 2.41. The molecule has 3 rings (SSSR count). The number of benzene rings is 1. The number of nitrogens with zero attached hydrogens (tertiary/aromatic N) is 1. The Balaban J connectivity index is 1.78. The monoisotopic (exact) mass is 260 g/mol. The van der Waals surface area contributed by atoms with Crippen molar-refractivity contribution < 1.29 is 9.21 Å². The van der Waals surface area contributed by atoms with Gasteiger partial charge in [0, 0.05) is 6.04 Å². The highest BCUT2D eigenvalue weighted by Gasteiger charge is 2.29. The number of carbonyl (C=O) groups is 1. The zero-order chi connectivity index (χ0) is 13.4. The van der Waals surface area contributed by atoms with Crippen LogP contribution < -0.4 is 11.1 Å². The van der Waals surface area contributed by atoms with Gasteiger partial charge in [-0.3, -0.25) is 9.36 Å². The van der Waals surface area contributed by atoms with Crippen LogP contribution in [0.25, 0.3) is 11.1 Å². The van der Waals surface area contributed by atoms with E-state index in [0.29, 0.717) is 17.0 Å². The second-order valence-corrected chi connectivity index (χ2v) is 5.12. The fourth-order valence-electron chi connectivity index (χ4n) is 2.32. The highest BCUT2D eigenvalue weighted by molar-refractivity contribution is 5.79. The molecule has 100 valence electrons. The van der Waals surface area contributed by atoms with Gasteiger partial charge in [-0.25, -0.2) is 4.79 Å². The van der Waals surface area contributed by atoms with E-state index in [1.165, 1.54) is 17.4 Å². The van der Waals surface area contributed by atoms with Crippen molar-refractivity contribution in [2.45, 2.75) is 32.4 Å². The van der Waals surface area contributed by atoms with Crippen LogP contribution in [0.2, 0.25) is 0 Å². The summed E-state index contributed by atoms with van der Waals surface area (Å²) in [6, 6.07) is 7.29. The van der Waals surface area contributed by atoms with Crippen molar-refractivity contribution in [3.63, 3.8) is 0 Å². The van der Waals surface area contributed by atoms with Gasteiger partial charge in [-0.2, -0.15) is 0 Å². The number of carbonyl (C=O) groups excluding carboxylic acids is 1. The van der Waals surface area contributed by atoms with Gasteiger partial charge in [0.1, 0.15) is 6.54 Å². The third-order valence-electron chi connectivity index (χ3n) is 3.59. The highest BCUT2D eigenvalue weighted by atomic mass is 16.4. The third-order valence-corrected chi connectivity index (χ3v) is 3.59. The van der Waals surface area contributed by atoms with E-state index in [9.17, 15) is 9.59 Å². The van der Waals surface area contributed by atoms with Crippen LogP contribution in [0.1, 0.15) is 19.8 Å². The molecule has 1 saturated carbocycles. The Bertz CT molecular complexity index is 667. The molecule has 1 fully saturated rings. The zero-order valence-electron chi connectivity index (χ0n) is 10.8. The van der Waals surface area contributed by atoms with Gasteiger partial charge in [0.15, 0.2) is 5.58 Å². The Labute approximate surface area is 110 Å². The minimum atomic E-state index is -0.490. The lowest BCUT2D eigenvalue weighted by Gasteiger charge is -2.12. The van der Waals surface area contributed by atoms with Crippen LogP contribution in [0.4, 0.5) is 0 Å². The molecule has 5 heteroatoms. The minimum Gasteiger partial charge on any atom is -0.408 e. The van der Waals surface area contributed by atoms with Crippen LogP contribution in [0.15, 0.2) is 33.5 Å². The molecule has 1 N–H and O–H groups in total. The Morgan fingerprint density at radius 3 is 2.95 bits per heavy atom. The average Bonchev–Trinajstić information content (AvgIpc) is 3.17. The quantitative estimate of drug-likeness (QED) is 0.906. The summed E-state index contributed by atoms with van der Waals surface area (Å²) >= 11 is 0. The average molecular weight is 260 g/mol. The molecular formula is C14H16N2O3. The number of hydrogen-bond acceptors (Lipinski definition) is 3. The minimum absolute atomic E-state index is 0.00685. The molecule has 0 bridgehead atoms. The normalized spacial score (nSPS) is 16.5. The van der Waals surface area contributed by atoms with Crippen molar-refractivity contribution in [3.8, 4) is 0 Å². The van der Waals surface area contributed by atoms with Crippen LogP contribution in [0.3, 0.4) is 0 Å².